The van der Waals surface area contributed by atoms with E-state index in [1.165, 1.54) is 6.07 Å². The molecule has 0 aliphatic heterocycles. The van der Waals surface area contributed by atoms with Crippen LogP contribution in [-0.4, -0.2) is 15.7 Å². The minimum absolute atomic E-state index is 0.00710. The molecule has 0 unspecified atom stereocenters. The molecule has 4 nitrogen and oxygen atoms in total. The molecule has 0 radical (unpaired) electrons. The smallest absolute Gasteiger partial charge is 0.230 e. The molecule has 130 valence electrons. The summed E-state index contributed by atoms with van der Waals surface area (Å²) in [7, 11) is 0. The van der Waals surface area contributed by atoms with Gasteiger partial charge in [-0.3, -0.25) is 4.79 Å². The molecular formula is C19H26FN3O. The van der Waals surface area contributed by atoms with Crippen molar-refractivity contribution < 1.29 is 9.18 Å². The Morgan fingerprint density at radius 3 is 2.33 bits per heavy atom. The van der Waals surface area contributed by atoms with Gasteiger partial charge in [0.2, 0.25) is 5.91 Å². The lowest BCUT2D eigenvalue weighted by molar-refractivity contribution is -0.115. The molecule has 1 aromatic heterocycles. The standard InChI is InChI=1S/C19H26FN3O/c1-18(2,3)15-12-16(23(22-15)19(4,5)6)21-17(24)11-13-9-7-8-10-14(13)20/h7-10,12H,11H2,1-6H3,(H,21,24). The Kier molecular flexibility index (Phi) is 4.83. The number of aromatic nitrogens is 2. The van der Waals surface area contributed by atoms with Crippen LogP contribution in [0.4, 0.5) is 10.2 Å². The molecule has 1 amide bonds. The molecule has 2 aromatic rings. The van der Waals surface area contributed by atoms with E-state index < -0.39 is 0 Å². The van der Waals surface area contributed by atoms with E-state index in [1.54, 1.807) is 18.2 Å². The molecule has 0 saturated heterocycles. The van der Waals surface area contributed by atoms with Crippen molar-refractivity contribution in [1.29, 1.82) is 0 Å². The fourth-order valence-electron chi connectivity index (χ4n) is 2.35. The topological polar surface area (TPSA) is 46.9 Å². The number of benzene rings is 1. The zero-order chi connectivity index (χ0) is 18.1. The number of carbonyl (C=O) groups excluding carboxylic acids is 1. The second kappa shape index (κ2) is 6.38. The number of anilines is 1. The number of amides is 1. The Morgan fingerprint density at radius 1 is 1.17 bits per heavy atom. The number of hydrogen-bond acceptors (Lipinski definition) is 2. The van der Waals surface area contributed by atoms with Crippen molar-refractivity contribution in [2.24, 2.45) is 0 Å². The van der Waals surface area contributed by atoms with Gasteiger partial charge in [0, 0.05) is 11.5 Å². The summed E-state index contributed by atoms with van der Waals surface area (Å²) in [5.41, 5.74) is 0.887. The Hall–Kier alpha value is -2.17. The fraction of sp³-hybridized carbons (Fsp3) is 0.474. The minimum Gasteiger partial charge on any atom is -0.311 e. The summed E-state index contributed by atoms with van der Waals surface area (Å²) in [5.74, 6) is 0.00656. The first-order valence-electron chi connectivity index (χ1n) is 8.13. The van der Waals surface area contributed by atoms with E-state index in [4.69, 9.17) is 0 Å². The van der Waals surface area contributed by atoms with Crippen molar-refractivity contribution >= 4 is 11.7 Å². The molecule has 1 heterocycles. The van der Waals surface area contributed by atoms with Gasteiger partial charge < -0.3 is 5.32 Å². The first kappa shape index (κ1) is 18.2. The number of carbonyl (C=O) groups is 1. The van der Waals surface area contributed by atoms with E-state index >= 15 is 0 Å². The maximum atomic E-state index is 13.7. The van der Waals surface area contributed by atoms with E-state index in [0.717, 1.165) is 5.69 Å². The first-order chi connectivity index (χ1) is 11.0. The van der Waals surface area contributed by atoms with E-state index in [-0.39, 0.29) is 29.1 Å². The highest BCUT2D eigenvalue weighted by atomic mass is 19.1. The van der Waals surface area contributed by atoms with Gasteiger partial charge in [0.25, 0.3) is 0 Å². The lowest BCUT2D eigenvalue weighted by Crippen LogP contribution is -2.27. The largest absolute Gasteiger partial charge is 0.311 e. The highest BCUT2D eigenvalue weighted by Gasteiger charge is 2.25. The molecule has 0 bridgehead atoms. The summed E-state index contributed by atoms with van der Waals surface area (Å²) >= 11 is 0. The Bertz CT molecular complexity index is 736. The van der Waals surface area contributed by atoms with E-state index in [0.29, 0.717) is 11.4 Å². The van der Waals surface area contributed by atoms with Gasteiger partial charge in [-0.25, -0.2) is 9.07 Å². The normalized spacial score (nSPS) is 12.3. The van der Waals surface area contributed by atoms with Crippen LogP contribution in [0.2, 0.25) is 0 Å². The van der Waals surface area contributed by atoms with Crippen LogP contribution < -0.4 is 5.32 Å². The Labute approximate surface area is 143 Å². The average molecular weight is 331 g/mol. The average Bonchev–Trinajstić information content (AvgIpc) is 2.85. The van der Waals surface area contributed by atoms with Crippen molar-refractivity contribution in [2.75, 3.05) is 5.32 Å². The monoisotopic (exact) mass is 331 g/mol. The predicted octanol–water partition coefficient (Wildman–Crippen LogP) is 4.26. The van der Waals surface area contributed by atoms with E-state index in [1.807, 2.05) is 31.5 Å². The van der Waals surface area contributed by atoms with Crippen LogP contribution in [0.15, 0.2) is 30.3 Å². The second-order valence-electron chi connectivity index (χ2n) is 8.06. The number of hydrogen-bond donors (Lipinski definition) is 1. The third-order valence-electron chi connectivity index (χ3n) is 3.69. The number of halogens is 1. The van der Waals surface area contributed by atoms with Crippen molar-refractivity contribution in [2.45, 2.75) is 58.9 Å². The summed E-state index contributed by atoms with van der Waals surface area (Å²) in [6, 6.07) is 8.21. The summed E-state index contributed by atoms with van der Waals surface area (Å²) in [5, 5.41) is 7.54. The zero-order valence-corrected chi connectivity index (χ0v) is 15.3. The molecule has 24 heavy (non-hydrogen) atoms. The van der Waals surface area contributed by atoms with Crippen LogP contribution in [0.3, 0.4) is 0 Å². The van der Waals surface area contributed by atoms with Gasteiger partial charge in [-0.15, -0.1) is 0 Å². The molecule has 0 atom stereocenters. The van der Waals surface area contributed by atoms with Crippen LogP contribution in [-0.2, 0) is 22.2 Å². The van der Waals surface area contributed by atoms with Crippen molar-refractivity contribution in [1.82, 2.24) is 9.78 Å². The highest BCUT2D eigenvalue weighted by Crippen LogP contribution is 2.28. The van der Waals surface area contributed by atoms with Gasteiger partial charge in [0.05, 0.1) is 17.7 Å². The molecule has 0 spiro atoms. The van der Waals surface area contributed by atoms with Crippen LogP contribution >= 0.6 is 0 Å². The van der Waals surface area contributed by atoms with Crippen LogP contribution in [0.5, 0.6) is 0 Å². The minimum atomic E-state index is -0.368. The van der Waals surface area contributed by atoms with Gasteiger partial charge in [0.15, 0.2) is 0 Å². The quantitative estimate of drug-likeness (QED) is 0.913. The molecule has 5 heteroatoms. The molecule has 0 saturated carbocycles. The molecular weight excluding hydrogens is 305 g/mol. The second-order valence-corrected chi connectivity index (χ2v) is 8.06. The van der Waals surface area contributed by atoms with Crippen LogP contribution in [0.1, 0.15) is 52.8 Å². The van der Waals surface area contributed by atoms with Gasteiger partial charge >= 0.3 is 0 Å². The lowest BCUT2D eigenvalue weighted by Gasteiger charge is -2.23. The first-order valence-corrected chi connectivity index (χ1v) is 8.13. The summed E-state index contributed by atoms with van der Waals surface area (Å²) in [6.45, 7) is 12.3. The maximum absolute atomic E-state index is 13.7. The summed E-state index contributed by atoms with van der Waals surface area (Å²) in [6.07, 6.45) is -0.00710. The number of nitrogens with one attached hydrogen (secondary N) is 1. The molecule has 0 aliphatic carbocycles. The molecule has 1 N–H and O–H groups in total. The number of rotatable bonds is 3. The van der Waals surface area contributed by atoms with E-state index in [9.17, 15) is 9.18 Å². The highest BCUT2D eigenvalue weighted by molar-refractivity contribution is 5.91. The van der Waals surface area contributed by atoms with Gasteiger partial charge in [0.1, 0.15) is 11.6 Å². The van der Waals surface area contributed by atoms with Gasteiger partial charge in [-0.2, -0.15) is 5.10 Å². The molecule has 0 fully saturated rings. The van der Waals surface area contributed by atoms with Crippen LogP contribution in [0, 0.1) is 5.82 Å². The summed E-state index contributed by atoms with van der Waals surface area (Å²) < 4.78 is 15.5. The van der Waals surface area contributed by atoms with Crippen molar-refractivity contribution in [3.8, 4) is 0 Å². The maximum Gasteiger partial charge on any atom is 0.230 e. The van der Waals surface area contributed by atoms with E-state index in [2.05, 4.69) is 31.2 Å². The zero-order valence-electron chi connectivity index (χ0n) is 15.3. The van der Waals surface area contributed by atoms with Gasteiger partial charge in [-0.05, 0) is 32.4 Å². The molecule has 2 rings (SSSR count). The lowest BCUT2D eigenvalue weighted by atomic mass is 9.92. The van der Waals surface area contributed by atoms with Crippen molar-refractivity contribution in [3.05, 3.63) is 47.4 Å². The van der Waals surface area contributed by atoms with Crippen molar-refractivity contribution in [3.63, 3.8) is 0 Å². The fourth-order valence-corrected chi connectivity index (χ4v) is 2.35. The Morgan fingerprint density at radius 2 is 1.79 bits per heavy atom. The third kappa shape index (κ3) is 4.22. The predicted molar refractivity (Wildman–Crippen MR) is 94.7 cm³/mol. The third-order valence-corrected chi connectivity index (χ3v) is 3.69. The molecule has 1 aromatic carbocycles. The summed E-state index contributed by atoms with van der Waals surface area (Å²) in [4.78, 5) is 12.4. The number of nitrogens with zero attached hydrogens (tertiary/aromatic N) is 2. The van der Waals surface area contributed by atoms with Gasteiger partial charge in [-0.1, -0.05) is 39.0 Å². The Balaban J connectivity index is 2.27. The van der Waals surface area contributed by atoms with Crippen LogP contribution in [0.25, 0.3) is 0 Å². The SMILES string of the molecule is CC(C)(C)c1cc(NC(=O)Cc2ccccc2F)n(C(C)(C)C)n1. The molecule has 0 aliphatic rings.